The highest BCUT2D eigenvalue weighted by Crippen LogP contribution is 2.07. The van der Waals surface area contributed by atoms with Gasteiger partial charge in [-0.05, 0) is 49.1 Å². The van der Waals surface area contributed by atoms with E-state index in [2.05, 4.69) is 101 Å². The van der Waals surface area contributed by atoms with Crippen molar-refractivity contribution in [3.8, 4) is 0 Å². The van der Waals surface area contributed by atoms with Gasteiger partial charge in [0.05, 0.1) is 0 Å². The number of primary amides is 1. The number of carbonyl (C=O) groups is 1. The fourth-order valence-corrected chi connectivity index (χ4v) is 2.32. The van der Waals surface area contributed by atoms with E-state index in [1.165, 1.54) is 33.4 Å². The summed E-state index contributed by atoms with van der Waals surface area (Å²) in [5.74, 6) is -0.481. The van der Waals surface area contributed by atoms with Crippen molar-refractivity contribution in [2.45, 2.75) is 20.8 Å². The lowest BCUT2D eigenvalue weighted by Gasteiger charge is -1.95. The van der Waals surface area contributed by atoms with Crippen molar-refractivity contribution in [3.63, 3.8) is 0 Å². The van der Waals surface area contributed by atoms with Crippen LogP contribution in [0.4, 0.5) is 0 Å². The number of carbonyl (C=O) groups excluding carboxylic acids is 1. The first kappa shape index (κ1) is 28.1. The quantitative estimate of drug-likeness (QED) is 0.430. The third kappa shape index (κ3) is 13.3. The molecule has 3 aromatic carbocycles. The second-order valence-corrected chi connectivity index (χ2v) is 6.90. The van der Waals surface area contributed by atoms with E-state index < -0.39 is 5.91 Å². The van der Waals surface area contributed by atoms with E-state index in [0.717, 1.165) is 6.08 Å². The molecule has 0 radical (unpaired) electrons. The Morgan fingerprint density at radius 2 is 1.25 bits per heavy atom. The molecule has 0 atom stereocenters. The topological polar surface area (TPSA) is 43.1 Å². The first-order valence-electron chi connectivity index (χ1n) is 10.3. The van der Waals surface area contributed by atoms with Crippen LogP contribution >= 0.6 is 0 Å². The molecule has 0 heterocycles. The molecule has 3 aromatic rings. The zero-order valence-corrected chi connectivity index (χ0v) is 19.6. The van der Waals surface area contributed by atoms with Gasteiger partial charge in [-0.15, -0.1) is 0 Å². The molecule has 0 fully saturated rings. The van der Waals surface area contributed by atoms with Gasteiger partial charge in [0.15, 0.2) is 0 Å². The van der Waals surface area contributed by atoms with Crippen molar-refractivity contribution in [2.24, 2.45) is 5.73 Å². The van der Waals surface area contributed by atoms with Crippen molar-refractivity contribution in [1.29, 1.82) is 0 Å². The van der Waals surface area contributed by atoms with Gasteiger partial charge in [-0.3, -0.25) is 4.79 Å². The van der Waals surface area contributed by atoms with Crippen LogP contribution in [-0.4, -0.2) is 5.91 Å². The lowest BCUT2D eigenvalue weighted by molar-refractivity contribution is -0.113. The number of benzene rings is 3. The molecule has 0 aliphatic rings. The third-order valence-corrected chi connectivity index (χ3v) is 4.20. The summed E-state index contributed by atoms with van der Waals surface area (Å²) >= 11 is 0. The lowest BCUT2D eigenvalue weighted by Crippen LogP contribution is -2.04. The molecule has 0 aliphatic heterocycles. The standard InChI is InChI=1S/3C9H10.C3H5NO/c1-3-9-6-4-8(2)5-7-9;1-3-9-6-4-5-8(2)7-9;1-3-9-7-5-4-6-8(9)2;1-2-3(4)5/h3*3-7H,1H2,2H3;2H,1H2,(H2,4,5). The first-order valence-corrected chi connectivity index (χ1v) is 10.3. The zero-order chi connectivity index (χ0) is 24.4. The summed E-state index contributed by atoms with van der Waals surface area (Å²) in [6.45, 7) is 20.3. The average molecular weight is 426 g/mol. The van der Waals surface area contributed by atoms with E-state index in [4.69, 9.17) is 0 Å². The molecule has 0 bridgehead atoms. The molecule has 1 amide bonds. The van der Waals surface area contributed by atoms with Crippen molar-refractivity contribution < 1.29 is 4.79 Å². The SMILES string of the molecule is C=CC(N)=O.C=Cc1ccc(C)cc1.C=Cc1cccc(C)c1.C=Cc1ccccc1C. The number of amides is 1. The minimum absolute atomic E-state index is 0.481. The predicted molar refractivity (Wildman–Crippen MR) is 143 cm³/mol. The van der Waals surface area contributed by atoms with Gasteiger partial charge in [0.1, 0.15) is 0 Å². The van der Waals surface area contributed by atoms with E-state index in [9.17, 15) is 4.79 Å². The van der Waals surface area contributed by atoms with E-state index >= 15 is 0 Å². The Hall–Kier alpha value is -3.91. The molecule has 32 heavy (non-hydrogen) atoms. The number of aryl methyl sites for hydroxylation is 3. The lowest BCUT2D eigenvalue weighted by atomic mass is 10.1. The molecule has 0 aromatic heterocycles. The molecule has 166 valence electrons. The molecule has 2 heteroatoms. The monoisotopic (exact) mass is 425 g/mol. The van der Waals surface area contributed by atoms with E-state index in [1.807, 2.05) is 42.5 Å². The molecule has 0 unspecified atom stereocenters. The van der Waals surface area contributed by atoms with Crippen LogP contribution in [0.1, 0.15) is 33.4 Å². The van der Waals surface area contributed by atoms with Crippen molar-refractivity contribution in [1.82, 2.24) is 0 Å². The van der Waals surface area contributed by atoms with Gasteiger partial charge in [-0.25, -0.2) is 0 Å². The van der Waals surface area contributed by atoms with Gasteiger partial charge < -0.3 is 5.73 Å². The molecule has 0 saturated heterocycles. The molecular weight excluding hydrogens is 390 g/mol. The van der Waals surface area contributed by atoms with Gasteiger partial charge in [-0.2, -0.15) is 0 Å². The highest BCUT2D eigenvalue weighted by atomic mass is 16.1. The molecule has 2 N–H and O–H groups in total. The van der Waals surface area contributed by atoms with Gasteiger partial charge in [0.25, 0.3) is 0 Å². The number of hydrogen-bond acceptors (Lipinski definition) is 1. The predicted octanol–water partition coefficient (Wildman–Crippen LogP) is 7.57. The van der Waals surface area contributed by atoms with E-state index in [1.54, 1.807) is 0 Å². The van der Waals surface area contributed by atoms with Crippen molar-refractivity contribution in [2.75, 3.05) is 0 Å². The third-order valence-electron chi connectivity index (χ3n) is 4.20. The Morgan fingerprint density at radius 3 is 1.62 bits per heavy atom. The summed E-state index contributed by atoms with van der Waals surface area (Å²) in [7, 11) is 0. The van der Waals surface area contributed by atoms with E-state index in [0.29, 0.717) is 0 Å². The minimum atomic E-state index is -0.481. The molecule has 2 nitrogen and oxygen atoms in total. The minimum Gasteiger partial charge on any atom is -0.366 e. The second-order valence-electron chi connectivity index (χ2n) is 6.90. The van der Waals surface area contributed by atoms with Crippen molar-refractivity contribution >= 4 is 24.1 Å². The average Bonchev–Trinajstić information content (AvgIpc) is 2.81. The number of rotatable bonds is 4. The Labute approximate surface area is 194 Å². The fourth-order valence-electron chi connectivity index (χ4n) is 2.32. The largest absolute Gasteiger partial charge is 0.366 e. The van der Waals surface area contributed by atoms with Crippen LogP contribution in [0.15, 0.2) is 105 Å². The van der Waals surface area contributed by atoms with Crippen molar-refractivity contribution in [3.05, 3.63) is 139 Å². The van der Waals surface area contributed by atoms with Crippen LogP contribution in [0.2, 0.25) is 0 Å². The van der Waals surface area contributed by atoms with Crippen LogP contribution < -0.4 is 5.73 Å². The van der Waals surface area contributed by atoms with Crippen LogP contribution in [-0.2, 0) is 4.79 Å². The maximum Gasteiger partial charge on any atom is 0.240 e. The Kier molecular flexibility index (Phi) is 14.8. The molecule has 0 saturated carbocycles. The van der Waals surface area contributed by atoms with Crippen LogP contribution in [0.5, 0.6) is 0 Å². The Morgan fingerprint density at radius 1 is 0.688 bits per heavy atom. The summed E-state index contributed by atoms with van der Waals surface area (Å²) in [5.41, 5.74) is 12.0. The van der Waals surface area contributed by atoms with Crippen LogP contribution in [0.25, 0.3) is 18.2 Å². The highest BCUT2D eigenvalue weighted by Gasteiger charge is 1.87. The highest BCUT2D eigenvalue weighted by molar-refractivity contribution is 5.84. The number of nitrogens with two attached hydrogens (primary N) is 1. The zero-order valence-electron chi connectivity index (χ0n) is 19.6. The molecule has 0 aliphatic carbocycles. The maximum absolute atomic E-state index is 9.47. The summed E-state index contributed by atoms with van der Waals surface area (Å²) in [4.78, 5) is 9.47. The normalized spacial score (nSPS) is 8.59. The smallest absolute Gasteiger partial charge is 0.240 e. The second kappa shape index (κ2) is 16.8. The first-order chi connectivity index (χ1) is 15.3. The summed E-state index contributed by atoms with van der Waals surface area (Å²) in [5, 5.41) is 0. The fraction of sp³-hybridized carbons (Fsp3) is 0.100. The van der Waals surface area contributed by atoms with Gasteiger partial charge >= 0.3 is 0 Å². The Balaban J connectivity index is 0.000000410. The van der Waals surface area contributed by atoms with Crippen LogP contribution in [0.3, 0.4) is 0 Å². The summed E-state index contributed by atoms with van der Waals surface area (Å²) in [6, 6.07) is 24.7. The Bertz CT molecular complexity index is 997. The van der Waals surface area contributed by atoms with Crippen LogP contribution in [0, 0.1) is 20.8 Å². The van der Waals surface area contributed by atoms with E-state index in [-0.39, 0.29) is 0 Å². The van der Waals surface area contributed by atoms with Gasteiger partial charge in [0.2, 0.25) is 5.91 Å². The summed E-state index contributed by atoms with van der Waals surface area (Å²) in [6.07, 6.45) is 6.63. The molecular formula is C30H35NO. The molecule has 0 spiro atoms. The van der Waals surface area contributed by atoms with Gasteiger partial charge in [-0.1, -0.05) is 128 Å². The maximum atomic E-state index is 9.47. The summed E-state index contributed by atoms with van der Waals surface area (Å²) < 4.78 is 0. The molecule has 3 rings (SSSR count). The van der Waals surface area contributed by atoms with Gasteiger partial charge in [0, 0.05) is 0 Å². The number of hydrogen-bond donors (Lipinski definition) is 1.